The molecule has 8 heterocycles. The number of aromatic amines is 3. The molecular formula is C104H142N16O26S2. The van der Waals surface area contributed by atoms with Gasteiger partial charge in [0.15, 0.2) is 28.9 Å². The fourth-order valence-electron chi connectivity index (χ4n) is 18.4. The number of aliphatic hydroxyl groups excluding tert-OH is 1. The highest BCUT2D eigenvalue weighted by molar-refractivity contribution is 8.00. The first-order valence-corrected chi connectivity index (χ1v) is 52.4. The summed E-state index contributed by atoms with van der Waals surface area (Å²) in [6, 6.07) is -1.72. The summed E-state index contributed by atoms with van der Waals surface area (Å²) in [6.07, 6.45) is -3.88. The van der Waals surface area contributed by atoms with Crippen molar-refractivity contribution in [2.75, 3.05) is 18.1 Å². The number of rotatable bonds is 52. The fraction of sp³-hybridized carbons (Fsp3) is 0.577. The number of ketones is 6. The number of Topliss-reactive ketones (excluding diaryl/α,β-unsaturated/α-hetero) is 6. The minimum Gasteiger partial charge on any atom is -0.481 e. The van der Waals surface area contributed by atoms with Crippen LogP contribution in [0.4, 0.5) is 0 Å². The monoisotopic (exact) mass is 2090 g/mol. The summed E-state index contributed by atoms with van der Waals surface area (Å²) in [6.45, 7) is 22.7. The number of hydroxylamine groups is 2. The van der Waals surface area contributed by atoms with Crippen LogP contribution in [0.3, 0.4) is 0 Å². The zero-order valence-corrected chi connectivity index (χ0v) is 88.1. The third-order valence-corrected chi connectivity index (χ3v) is 29.8. The molecule has 806 valence electrons. The van der Waals surface area contributed by atoms with Crippen molar-refractivity contribution in [3.63, 3.8) is 0 Å². The van der Waals surface area contributed by atoms with E-state index in [0.29, 0.717) is 120 Å². The Labute approximate surface area is 866 Å². The van der Waals surface area contributed by atoms with E-state index in [2.05, 4.69) is 57.2 Å². The van der Waals surface area contributed by atoms with Crippen LogP contribution >= 0.6 is 23.5 Å². The Bertz CT molecular complexity index is 5880. The van der Waals surface area contributed by atoms with Crippen LogP contribution < -0.4 is 48.7 Å². The number of hydrogen-bond acceptors (Lipinski definition) is 28. The number of carbonyl (C=O) groups excluding carboxylic acids is 18. The fourth-order valence-corrected chi connectivity index (χ4v) is 20.8. The topological polar surface area (TPSA) is 674 Å². The van der Waals surface area contributed by atoms with Crippen molar-refractivity contribution >= 4 is 191 Å². The van der Waals surface area contributed by atoms with E-state index < -0.39 is 270 Å². The Morgan fingerprint density at radius 2 is 1.16 bits per heavy atom. The number of nitrogens with zero attached hydrogens (tertiary/aromatic N) is 4. The summed E-state index contributed by atoms with van der Waals surface area (Å²) in [5.41, 5.74) is 20.0. The number of hydrogen-bond donors (Lipinski definition) is 16. The molecule has 1 fully saturated rings. The van der Waals surface area contributed by atoms with Gasteiger partial charge in [-0.1, -0.05) is 53.9 Å². The van der Waals surface area contributed by atoms with Gasteiger partial charge in [0.05, 0.1) is 82.9 Å². The van der Waals surface area contributed by atoms with E-state index in [1.54, 1.807) is 59.7 Å². The molecule has 0 radical (unpaired) electrons. The number of aryl methyl sites for hydroxylation is 3. The van der Waals surface area contributed by atoms with Gasteiger partial charge >= 0.3 is 23.9 Å². The first-order chi connectivity index (χ1) is 69.8. The molecule has 4 aliphatic heterocycles. The number of imide groups is 1. The SMILES string of the molecule is CC(=O)NCCCCC(CC(=O)C(CCC(N)=O)NC(=O)C(NC(=O)CCCCCCC(=O)ON1C(=O)CCC1=O)C(C)C)C(=O)NC1CSC(C)C2=C(C)c3cc4[nH]c(cc5nc(cc6[nH]c(cc2n3)c(C)c6CCC(=O)O)C(CCC(=O)O)=C5C)c(C)c4C(C)SCC(C(=O)NC(Cc2c[nH]cn2)C(=O)CC(C(=O)NC(C(=O)CC(CCC(=O)O)C(C)=O)C(C)C)C(C)O)CC(=O)C(CCC(N)=O)NC(=O)C(C)CC1=O. The molecule has 0 spiro atoms. The lowest BCUT2D eigenvalue weighted by atomic mass is 9.87. The lowest BCUT2D eigenvalue weighted by molar-refractivity contribution is -0.197. The van der Waals surface area contributed by atoms with Crippen LogP contribution in [-0.2, 0) is 118 Å². The summed E-state index contributed by atoms with van der Waals surface area (Å²) in [7, 11) is 0. The highest BCUT2D eigenvalue weighted by atomic mass is 32.2. The second-order valence-electron chi connectivity index (χ2n) is 39.5. The highest BCUT2D eigenvalue weighted by Crippen LogP contribution is 2.43. The second-order valence-corrected chi connectivity index (χ2v) is 42.2. The van der Waals surface area contributed by atoms with Crippen LogP contribution in [0.25, 0.3) is 44.4 Å². The van der Waals surface area contributed by atoms with E-state index in [1.807, 2.05) is 33.8 Å². The number of nitrogens with two attached hydrogens (primary N) is 2. The van der Waals surface area contributed by atoms with E-state index in [9.17, 15) is 87.5 Å². The first kappa shape index (κ1) is 120. The second kappa shape index (κ2) is 56.8. The third kappa shape index (κ3) is 35.5. The van der Waals surface area contributed by atoms with Gasteiger partial charge in [0, 0.05) is 178 Å². The maximum Gasteiger partial charge on any atom is 0.333 e. The Morgan fingerprint density at radius 1 is 0.561 bits per heavy atom. The standard InChI is InChI=1S/C104H142N16O26S2/c1-51(2)98(86(128)38-63(58(10)121)24-33-92(134)135)119-103(144)69(59(11)122)42-85(127)78(41-66-47-107-50-109-66)116-102(143)65-40-84(126)70(27-29-87(105)129)114-100(141)53(5)37-82(124)81(117-101(142)64(21-19-20-36-108-62(14)123)39-83(125)71(28-30-88(106)130)115-104(145)99(52(3)4)118-89(131)22-17-15-16-18-23-95(140)146-120-90(132)31-32-91(120)133)49-148-61(13)97-57(9)75-45-80-96(60(12)147-48-65)56(8)74(112-80)43-72-54(6)67(25-34-93(136)137)76(110-72)46-77-68(26-35-94(138)139)55(7)73(111-77)44-79(97)113-75/h43-47,50-53,59-61,63-65,69-71,78,81,98-99,111-112,122H,15-42,48-49H2,1-14H3,(H2,105,129)(H2,106,130)(H,107,109)(H,108,123)(H,114,141)(H,115,145)(H,116,143)(H,117,142)(H,118,131)(H,119,144)(H,134,135)(H,136,137)(H,138,139). The van der Waals surface area contributed by atoms with E-state index in [-0.39, 0.29) is 120 Å². The number of carboxylic acid groups (broad SMARTS) is 3. The van der Waals surface area contributed by atoms with Gasteiger partial charge in [-0.25, -0.2) is 19.7 Å². The maximum absolute atomic E-state index is 15.9. The van der Waals surface area contributed by atoms with Crippen LogP contribution in [0, 0.1) is 55.3 Å². The molecular weight excluding hydrogens is 1950 g/mol. The van der Waals surface area contributed by atoms with Crippen molar-refractivity contribution in [3.8, 4) is 0 Å². The van der Waals surface area contributed by atoms with Crippen LogP contribution in [0.1, 0.15) is 300 Å². The lowest BCUT2D eigenvalue weighted by Crippen LogP contribution is -2.54. The number of aromatic nitrogens is 6. The molecule has 8 rings (SSSR count). The van der Waals surface area contributed by atoms with Gasteiger partial charge in [-0.3, -0.25) is 95.9 Å². The first-order valence-electron chi connectivity index (χ1n) is 50.3. The molecule has 18 N–H and O–H groups in total. The van der Waals surface area contributed by atoms with Crippen LogP contribution in [0.2, 0.25) is 0 Å². The number of primary amides is 2. The molecule has 4 aromatic rings. The number of carbonyl (C=O) groups is 21. The van der Waals surface area contributed by atoms with E-state index in [4.69, 9.17) is 26.3 Å². The molecule has 0 aliphatic carbocycles. The van der Waals surface area contributed by atoms with Gasteiger partial charge in [-0.05, 0) is 194 Å². The number of carboxylic acids is 3. The van der Waals surface area contributed by atoms with Crippen LogP contribution in [-0.4, -0.2) is 245 Å². The Kier molecular flexibility index (Phi) is 46.0. The number of nitrogens with one attached hydrogen (secondary N) is 10. The number of allylic oxidation sites excluding steroid dienone is 3. The number of thioether (sulfide) groups is 2. The summed E-state index contributed by atoms with van der Waals surface area (Å²) < 4.78 is 0. The van der Waals surface area contributed by atoms with E-state index in [1.165, 1.54) is 63.7 Å². The number of amides is 11. The quantitative estimate of drug-likeness (QED) is 0.0146. The van der Waals surface area contributed by atoms with Gasteiger partial charge < -0.3 is 88.9 Å². The number of aliphatic carboxylic acids is 3. The average Bonchev–Trinajstić information content (AvgIpc) is 1.61. The smallest absolute Gasteiger partial charge is 0.333 e. The molecule has 11 amide bonds. The van der Waals surface area contributed by atoms with Crippen molar-refractivity contribution in [2.45, 2.75) is 323 Å². The van der Waals surface area contributed by atoms with E-state index >= 15 is 33.6 Å². The number of H-pyrrole nitrogens is 3. The minimum atomic E-state index is -1.64. The van der Waals surface area contributed by atoms with Crippen molar-refractivity contribution in [2.24, 2.45) is 52.9 Å². The normalized spacial score (nSPS) is 18.7. The van der Waals surface area contributed by atoms with Gasteiger partial charge in [-0.2, -0.15) is 23.5 Å². The molecule has 1 saturated heterocycles. The molecule has 148 heavy (non-hydrogen) atoms. The zero-order valence-electron chi connectivity index (χ0n) is 86.4. The predicted octanol–water partition coefficient (Wildman–Crippen LogP) is 8.31. The van der Waals surface area contributed by atoms with Crippen LogP contribution in [0.15, 0.2) is 36.8 Å². The molecule has 42 nitrogen and oxygen atoms in total. The van der Waals surface area contributed by atoms with Gasteiger partial charge in [0.25, 0.3) is 11.8 Å². The van der Waals surface area contributed by atoms with Crippen molar-refractivity contribution in [1.82, 2.24) is 72.2 Å². The number of unbranched alkanes of at least 4 members (excludes halogenated alkanes) is 4. The predicted molar refractivity (Wildman–Crippen MR) is 549 cm³/mol. The van der Waals surface area contributed by atoms with Crippen molar-refractivity contribution < 1.29 is 126 Å². The molecule has 14 atom stereocenters. The summed E-state index contributed by atoms with van der Waals surface area (Å²) in [5, 5.41) is 59.5. The van der Waals surface area contributed by atoms with Gasteiger partial charge in [0.2, 0.25) is 53.2 Å². The molecule has 44 heteroatoms. The average molecular weight is 2100 g/mol. The Hall–Kier alpha value is -13.3. The molecule has 4 aromatic heterocycles. The largest absolute Gasteiger partial charge is 0.481 e. The Balaban J connectivity index is 1.24. The highest BCUT2D eigenvalue weighted by Gasteiger charge is 2.42. The molecule has 0 saturated carbocycles. The van der Waals surface area contributed by atoms with Gasteiger partial charge in [0.1, 0.15) is 11.8 Å². The van der Waals surface area contributed by atoms with Crippen molar-refractivity contribution in [3.05, 3.63) is 87.5 Å². The minimum absolute atomic E-state index is 0.0234. The van der Waals surface area contributed by atoms with Crippen molar-refractivity contribution in [1.29, 1.82) is 0 Å². The summed E-state index contributed by atoms with van der Waals surface area (Å²) >= 11 is 2.40. The molecule has 9 bridgehead atoms. The third-order valence-electron chi connectivity index (χ3n) is 27.2. The number of imidazole rings is 1. The summed E-state index contributed by atoms with van der Waals surface area (Å²) in [5.74, 6) is -25.5. The lowest BCUT2D eigenvalue weighted by Gasteiger charge is -2.28. The molecule has 14 unspecified atom stereocenters. The number of fused-ring (bicyclic) bond motifs is 7. The summed E-state index contributed by atoms with van der Waals surface area (Å²) in [4.78, 5) is 318. The maximum atomic E-state index is 15.9. The van der Waals surface area contributed by atoms with E-state index in [0.717, 1.165) is 0 Å². The Morgan fingerprint density at radius 3 is 1.78 bits per heavy atom. The molecule has 4 aliphatic rings. The zero-order chi connectivity index (χ0) is 110. The number of aliphatic hydroxyl groups is 1. The van der Waals surface area contributed by atoms with Gasteiger partial charge in [-0.15, -0.1) is 5.06 Å². The van der Waals surface area contributed by atoms with Crippen LogP contribution in [0.5, 0.6) is 0 Å². The molecule has 0 aromatic carbocycles.